The van der Waals surface area contributed by atoms with Gasteiger partial charge in [0.1, 0.15) is 6.29 Å². The Morgan fingerprint density at radius 3 is 1.58 bits per heavy atom. The first-order chi connectivity index (χ1) is 5.23. The highest BCUT2D eigenvalue weighted by Crippen LogP contribution is 2.38. The first-order valence-electron chi connectivity index (χ1n) is 4.35. The summed E-state index contributed by atoms with van der Waals surface area (Å²) in [4.78, 5) is 11.0. The lowest BCUT2D eigenvalue weighted by Gasteiger charge is -2.35. The van der Waals surface area contributed by atoms with Crippen LogP contribution in [0.4, 0.5) is 0 Å². The highest BCUT2D eigenvalue weighted by Gasteiger charge is 2.34. The van der Waals surface area contributed by atoms with Gasteiger partial charge in [-0.2, -0.15) is 0 Å². The summed E-state index contributed by atoms with van der Waals surface area (Å²) in [6.07, 6.45) is 3.08. The van der Waals surface area contributed by atoms with Crippen molar-refractivity contribution in [3.8, 4) is 0 Å². The fourth-order valence-electron chi connectivity index (χ4n) is 1.03. The SMILES string of the molecule is CC(C)=CC(C)(C=O)C(C)(C)C. The first kappa shape index (κ1) is 11.4. The third-order valence-electron chi connectivity index (χ3n) is 2.45. The number of rotatable bonds is 2. The summed E-state index contributed by atoms with van der Waals surface area (Å²) >= 11 is 0. The minimum atomic E-state index is -0.341. The molecular formula is C11H20O. The average Bonchev–Trinajstić information content (AvgIpc) is 1.83. The van der Waals surface area contributed by atoms with E-state index in [-0.39, 0.29) is 10.8 Å². The highest BCUT2D eigenvalue weighted by atomic mass is 16.1. The molecule has 0 aliphatic heterocycles. The van der Waals surface area contributed by atoms with E-state index in [0.29, 0.717) is 0 Å². The normalized spacial score (nSPS) is 16.5. The van der Waals surface area contributed by atoms with Crippen LogP contribution in [0.2, 0.25) is 0 Å². The molecule has 1 nitrogen and oxygen atoms in total. The second-order valence-electron chi connectivity index (χ2n) is 4.87. The number of hydrogen-bond donors (Lipinski definition) is 0. The number of carbonyl (C=O) groups is 1. The van der Waals surface area contributed by atoms with Crippen LogP contribution in [-0.2, 0) is 4.79 Å². The van der Waals surface area contributed by atoms with Gasteiger partial charge in [0.05, 0.1) is 0 Å². The van der Waals surface area contributed by atoms with Gasteiger partial charge in [-0.15, -0.1) is 0 Å². The van der Waals surface area contributed by atoms with Crippen molar-refractivity contribution in [3.05, 3.63) is 11.6 Å². The van der Waals surface area contributed by atoms with Gasteiger partial charge in [-0.3, -0.25) is 0 Å². The van der Waals surface area contributed by atoms with Crippen LogP contribution in [0.3, 0.4) is 0 Å². The van der Waals surface area contributed by atoms with E-state index in [1.54, 1.807) is 0 Å². The van der Waals surface area contributed by atoms with Crippen LogP contribution in [0.25, 0.3) is 0 Å². The molecule has 0 heterocycles. The topological polar surface area (TPSA) is 17.1 Å². The molecule has 0 amide bonds. The van der Waals surface area contributed by atoms with Crippen LogP contribution < -0.4 is 0 Å². The largest absolute Gasteiger partial charge is 0.302 e. The third-order valence-corrected chi connectivity index (χ3v) is 2.45. The maximum absolute atomic E-state index is 11.0. The molecule has 0 spiro atoms. The summed E-state index contributed by atoms with van der Waals surface area (Å²) < 4.78 is 0. The van der Waals surface area contributed by atoms with Crippen LogP contribution in [0.5, 0.6) is 0 Å². The second kappa shape index (κ2) is 3.42. The maximum Gasteiger partial charge on any atom is 0.130 e. The van der Waals surface area contributed by atoms with E-state index in [4.69, 9.17) is 0 Å². The van der Waals surface area contributed by atoms with Crippen molar-refractivity contribution in [2.45, 2.75) is 41.5 Å². The van der Waals surface area contributed by atoms with Crippen molar-refractivity contribution < 1.29 is 4.79 Å². The average molecular weight is 168 g/mol. The minimum absolute atomic E-state index is 0.00792. The smallest absolute Gasteiger partial charge is 0.130 e. The summed E-state index contributed by atoms with van der Waals surface area (Å²) in [5.41, 5.74) is 0.845. The first-order valence-corrected chi connectivity index (χ1v) is 4.35. The van der Waals surface area contributed by atoms with E-state index in [9.17, 15) is 4.79 Å². The maximum atomic E-state index is 11.0. The van der Waals surface area contributed by atoms with Crippen molar-refractivity contribution in [1.29, 1.82) is 0 Å². The van der Waals surface area contributed by atoms with E-state index < -0.39 is 0 Å². The number of carbonyl (C=O) groups excluding carboxylic acids is 1. The molecule has 0 bridgehead atoms. The van der Waals surface area contributed by atoms with Gasteiger partial charge in [0.15, 0.2) is 0 Å². The van der Waals surface area contributed by atoms with E-state index in [0.717, 1.165) is 6.29 Å². The van der Waals surface area contributed by atoms with Crippen LogP contribution in [-0.4, -0.2) is 6.29 Å². The molecule has 12 heavy (non-hydrogen) atoms. The van der Waals surface area contributed by atoms with Gasteiger partial charge in [0.25, 0.3) is 0 Å². The van der Waals surface area contributed by atoms with Gasteiger partial charge in [0.2, 0.25) is 0 Å². The summed E-state index contributed by atoms with van der Waals surface area (Å²) in [7, 11) is 0. The van der Waals surface area contributed by atoms with Crippen LogP contribution in [0.15, 0.2) is 11.6 Å². The lowest BCUT2D eigenvalue weighted by atomic mass is 9.68. The predicted octanol–water partition coefficient (Wildman–Crippen LogP) is 3.20. The molecule has 0 rings (SSSR count). The summed E-state index contributed by atoms with van der Waals surface area (Å²) in [5.74, 6) is 0. The lowest BCUT2D eigenvalue weighted by molar-refractivity contribution is -0.117. The molecule has 0 aliphatic rings. The van der Waals surface area contributed by atoms with Crippen LogP contribution in [0, 0.1) is 10.8 Å². The Labute approximate surface area is 75.9 Å². The zero-order valence-corrected chi connectivity index (χ0v) is 9.06. The Hall–Kier alpha value is -0.590. The van der Waals surface area contributed by atoms with Crippen LogP contribution in [0.1, 0.15) is 41.5 Å². The van der Waals surface area contributed by atoms with Gasteiger partial charge < -0.3 is 4.79 Å². The predicted molar refractivity (Wildman–Crippen MR) is 53.1 cm³/mol. The van der Waals surface area contributed by atoms with Gasteiger partial charge >= 0.3 is 0 Å². The van der Waals surface area contributed by atoms with Crippen LogP contribution >= 0.6 is 0 Å². The van der Waals surface area contributed by atoms with Gasteiger partial charge in [-0.25, -0.2) is 0 Å². The summed E-state index contributed by atoms with van der Waals surface area (Å²) in [6.45, 7) is 12.3. The Kier molecular flexibility index (Phi) is 3.25. The van der Waals surface area contributed by atoms with E-state index in [1.807, 2.05) is 26.8 Å². The number of aldehydes is 1. The molecule has 0 saturated carbocycles. The van der Waals surface area contributed by atoms with E-state index in [2.05, 4.69) is 20.8 Å². The Morgan fingerprint density at radius 1 is 1.08 bits per heavy atom. The fraction of sp³-hybridized carbons (Fsp3) is 0.727. The van der Waals surface area contributed by atoms with E-state index in [1.165, 1.54) is 5.57 Å². The van der Waals surface area contributed by atoms with Gasteiger partial charge in [-0.05, 0) is 26.2 Å². The monoisotopic (exact) mass is 168 g/mol. The van der Waals surface area contributed by atoms with Crippen molar-refractivity contribution in [2.75, 3.05) is 0 Å². The van der Waals surface area contributed by atoms with Crippen molar-refractivity contribution in [3.63, 3.8) is 0 Å². The Morgan fingerprint density at radius 2 is 1.50 bits per heavy atom. The molecule has 0 N–H and O–H groups in total. The van der Waals surface area contributed by atoms with E-state index >= 15 is 0 Å². The second-order valence-corrected chi connectivity index (χ2v) is 4.87. The molecule has 1 unspecified atom stereocenters. The zero-order chi connectivity index (χ0) is 9.99. The minimum Gasteiger partial charge on any atom is -0.302 e. The van der Waals surface area contributed by atoms with Crippen molar-refractivity contribution in [1.82, 2.24) is 0 Å². The van der Waals surface area contributed by atoms with Gasteiger partial charge in [0, 0.05) is 5.41 Å². The molecule has 0 aromatic heterocycles. The highest BCUT2D eigenvalue weighted by molar-refractivity contribution is 5.63. The molecule has 0 aromatic carbocycles. The standard InChI is InChI=1S/C11H20O/c1-9(2)7-11(6,8-12)10(3,4)5/h7-8H,1-6H3. The van der Waals surface area contributed by atoms with Crippen molar-refractivity contribution >= 4 is 6.29 Å². The number of allylic oxidation sites excluding steroid dienone is 2. The van der Waals surface area contributed by atoms with Crippen molar-refractivity contribution in [2.24, 2.45) is 10.8 Å². The van der Waals surface area contributed by atoms with Gasteiger partial charge in [-0.1, -0.05) is 32.4 Å². The quantitative estimate of drug-likeness (QED) is 0.457. The molecular weight excluding hydrogens is 148 g/mol. The molecule has 0 aliphatic carbocycles. The Bertz CT molecular complexity index is 192. The summed E-state index contributed by atoms with van der Waals surface area (Å²) in [6, 6.07) is 0. The molecule has 0 radical (unpaired) electrons. The molecule has 0 aromatic rings. The third kappa shape index (κ3) is 2.47. The summed E-state index contributed by atoms with van der Waals surface area (Å²) in [5, 5.41) is 0. The fourth-order valence-corrected chi connectivity index (χ4v) is 1.03. The molecule has 0 saturated heterocycles. The Balaban J connectivity index is 4.95. The number of hydrogen-bond acceptors (Lipinski definition) is 1. The zero-order valence-electron chi connectivity index (χ0n) is 9.06. The molecule has 1 atom stereocenters. The lowest BCUT2D eigenvalue weighted by Crippen LogP contribution is -2.32. The molecule has 70 valence electrons. The molecule has 1 heteroatoms. The molecule has 0 fully saturated rings.